The van der Waals surface area contributed by atoms with Crippen molar-refractivity contribution in [1.29, 1.82) is 0 Å². The van der Waals surface area contributed by atoms with Crippen molar-refractivity contribution in [3.63, 3.8) is 0 Å². The molecule has 0 aromatic heterocycles. The van der Waals surface area contributed by atoms with Gasteiger partial charge in [0.15, 0.2) is 0 Å². The molecule has 0 radical (unpaired) electrons. The van der Waals surface area contributed by atoms with E-state index in [1.165, 1.54) is 5.56 Å². The molecule has 0 amide bonds. The fourth-order valence-corrected chi connectivity index (χ4v) is 1.62. The van der Waals surface area contributed by atoms with E-state index in [1.807, 2.05) is 37.3 Å². The summed E-state index contributed by atoms with van der Waals surface area (Å²) >= 11 is 0. The SMILES string of the molecule is Cc1ccc(-c2cccc(C(=O)OO)c2)cc1. The molecule has 2 aromatic rings. The first-order valence-corrected chi connectivity index (χ1v) is 5.23. The lowest BCUT2D eigenvalue weighted by atomic mass is 10.0. The van der Waals surface area contributed by atoms with Crippen LogP contribution >= 0.6 is 0 Å². The van der Waals surface area contributed by atoms with E-state index in [9.17, 15) is 4.79 Å². The van der Waals surface area contributed by atoms with Gasteiger partial charge < -0.3 is 0 Å². The Morgan fingerprint density at radius 2 is 1.76 bits per heavy atom. The van der Waals surface area contributed by atoms with Gasteiger partial charge in [-0.25, -0.2) is 4.79 Å². The Bertz CT molecular complexity index is 529. The van der Waals surface area contributed by atoms with Crippen molar-refractivity contribution in [2.75, 3.05) is 0 Å². The largest absolute Gasteiger partial charge is 0.372 e. The average Bonchev–Trinajstić information content (AvgIpc) is 2.39. The van der Waals surface area contributed by atoms with Crippen LogP contribution in [-0.4, -0.2) is 11.2 Å². The third-order valence-corrected chi connectivity index (χ3v) is 2.57. The van der Waals surface area contributed by atoms with Crippen LogP contribution < -0.4 is 0 Å². The molecule has 1 N–H and O–H groups in total. The van der Waals surface area contributed by atoms with Crippen molar-refractivity contribution < 1.29 is 14.9 Å². The van der Waals surface area contributed by atoms with Gasteiger partial charge in [0, 0.05) is 0 Å². The third-order valence-electron chi connectivity index (χ3n) is 2.57. The predicted molar refractivity (Wildman–Crippen MR) is 64.7 cm³/mol. The highest BCUT2D eigenvalue weighted by Gasteiger charge is 2.07. The molecule has 0 heterocycles. The van der Waals surface area contributed by atoms with Crippen molar-refractivity contribution in [2.24, 2.45) is 0 Å². The first-order valence-electron chi connectivity index (χ1n) is 5.23. The van der Waals surface area contributed by atoms with E-state index < -0.39 is 5.97 Å². The zero-order valence-corrected chi connectivity index (χ0v) is 9.38. The van der Waals surface area contributed by atoms with E-state index in [0.717, 1.165) is 11.1 Å². The first-order chi connectivity index (χ1) is 8.20. The Labute approximate surface area is 99.2 Å². The Hall–Kier alpha value is -2.13. The van der Waals surface area contributed by atoms with E-state index >= 15 is 0 Å². The average molecular weight is 228 g/mol. The molecular formula is C14H12O3. The zero-order chi connectivity index (χ0) is 12.3. The highest BCUT2D eigenvalue weighted by molar-refractivity contribution is 5.90. The van der Waals surface area contributed by atoms with Gasteiger partial charge in [0.05, 0.1) is 5.56 Å². The van der Waals surface area contributed by atoms with Gasteiger partial charge in [0.2, 0.25) is 0 Å². The maximum absolute atomic E-state index is 11.2. The van der Waals surface area contributed by atoms with Gasteiger partial charge >= 0.3 is 5.97 Å². The van der Waals surface area contributed by atoms with Crippen LogP contribution in [0.1, 0.15) is 15.9 Å². The van der Waals surface area contributed by atoms with Crippen LogP contribution in [0.3, 0.4) is 0 Å². The number of aryl methyl sites for hydroxylation is 1. The molecule has 2 aromatic carbocycles. The van der Waals surface area contributed by atoms with E-state index in [2.05, 4.69) is 4.89 Å². The van der Waals surface area contributed by atoms with Gasteiger partial charge in [0.25, 0.3) is 0 Å². The lowest BCUT2D eigenvalue weighted by Gasteiger charge is -2.04. The topological polar surface area (TPSA) is 46.5 Å². The molecule has 17 heavy (non-hydrogen) atoms. The lowest BCUT2D eigenvalue weighted by molar-refractivity contribution is -0.182. The Morgan fingerprint density at radius 1 is 1.06 bits per heavy atom. The van der Waals surface area contributed by atoms with Gasteiger partial charge in [-0.3, -0.25) is 4.89 Å². The standard InChI is InChI=1S/C14H12O3/c1-10-5-7-11(8-6-10)12-3-2-4-13(9-12)14(15)17-16/h2-9,16H,1H3. The minimum absolute atomic E-state index is 0.325. The summed E-state index contributed by atoms with van der Waals surface area (Å²) in [5.41, 5.74) is 3.43. The maximum atomic E-state index is 11.2. The van der Waals surface area contributed by atoms with Crippen molar-refractivity contribution in [3.05, 3.63) is 59.7 Å². The van der Waals surface area contributed by atoms with Crippen LogP contribution in [0.4, 0.5) is 0 Å². The molecule has 0 saturated carbocycles. The molecule has 0 bridgehead atoms. The van der Waals surface area contributed by atoms with Crippen molar-refractivity contribution in [3.8, 4) is 11.1 Å². The second-order valence-corrected chi connectivity index (χ2v) is 3.83. The van der Waals surface area contributed by atoms with Crippen molar-refractivity contribution >= 4 is 5.97 Å². The third kappa shape index (κ3) is 2.52. The molecule has 0 aliphatic carbocycles. The fraction of sp³-hybridized carbons (Fsp3) is 0.0714. The van der Waals surface area contributed by atoms with Gasteiger partial charge in [-0.15, -0.1) is 0 Å². The maximum Gasteiger partial charge on any atom is 0.372 e. The Balaban J connectivity index is 2.39. The van der Waals surface area contributed by atoms with Gasteiger partial charge in [0.1, 0.15) is 0 Å². The molecule has 0 saturated heterocycles. The number of carbonyl (C=O) groups is 1. The molecule has 0 atom stereocenters. The summed E-state index contributed by atoms with van der Waals surface area (Å²) in [6, 6.07) is 14.9. The molecular weight excluding hydrogens is 216 g/mol. The second kappa shape index (κ2) is 4.80. The Morgan fingerprint density at radius 3 is 2.41 bits per heavy atom. The molecule has 3 nitrogen and oxygen atoms in total. The van der Waals surface area contributed by atoms with Gasteiger partial charge in [-0.1, -0.05) is 42.0 Å². The van der Waals surface area contributed by atoms with Crippen LogP contribution in [-0.2, 0) is 4.89 Å². The highest BCUT2D eigenvalue weighted by Crippen LogP contribution is 2.21. The van der Waals surface area contributed by atoms with Crippen LogP contribution in [0.25, 0.3) is 11.1 Å². The number of hydrogen-bond acceptors (Lipinski definition) is 3. The molecule has 0 fully saturated rings. The first kappa shape index (κ1) is 11.4. The summed E-state index contributed by atoms with van der Waals surface area (Å²) in [5.74, 6) is -0.751. The summed E-state index contributed by atoms with van der Waals surface area (Å²) < 4.78 is 0. The predicted octanol–water partition coefficient (Wildman–Crippen LogP) is 3.29. The summed E-state index contributed by atoms with van der Waals surface area (Å²) in [6.45, 7) is 2.02. The zero-order valence-electron chi connectivity index (χ0n) is 9.38. The fourth-order valence-electron chi connectivity index (χ4n) is 1.62. The molecule has 2 rings (SSSR count). The summed E-state index contributed by atoms with van der Waals surface area (Å²) in [4.78, 5) is 14.9. The van der Waals surface area contributed by atoms with Gasteiger partial charge in [-0.2, -0.15) is 5.26 Å². The number of rotatable bonds is 2. The number of benzene rings is 2. The van der Waals surface area contributed by atoms with E-state index in [4.69, 9.17) is 5.26 Å². The highest BCUT2D eigenvalue weighted by atomic mass is 17.1. The van der Waals surface area contributed by atoms with Crippen LogP contribution in [0.5, 0.6) is 0 Å². The summed E-state index contributed by atoms with van der Waals surface area (Å²) in [7, 11) is 0. The van der Waals surface area contributed by atoms with E-state index in [0.29, 0.717) is 5.56 Å². The van der Waals surface area contributed by atoms with E-state index in [-0.39, 0.29) is 0 Å². The lowest BCUT2D eigenvalue weighted by Crippen LogP contribution is -2.01. The smallest absolute Gasteiger partial charge is 0.296 e. The minimum atomic E-state index is -0.751. The van der Waals surface area contributed by atoms with Crippen LogP contribution in [0, 0.1) is 6.92 Å². The molecule has 86 valence electrons. The molecule has 0 aliphatic rings. The Kier molecular flexibility index (Phi) is 3.21. The van der Waals surface area contributed by atoms with Crippen LogP contribution in [0.2, 0.25) is 0 Å². The summed E-state index contributed by atoms with van der Waals surface area (Å²) in [5, 5.41) is 8.34. The quantitative estimate of drug-likeness (QED) is 0.633. The normalized spacial score (nSPS) is 10.0. The molecule has 0 aliphatic heterocycles. The summed E-state index contributed by atoms with van der Waals surface area (Å²) in [6.07, 6.45) is 0. The van der Waals surface area contributed by atoms with Crippen molar-refractivity contribution in [1.82, 2.24) is 0 Å². The van der Waals surface area contributed by atoms with Crippen molar-refractivity contribution in [2.45, 2.75) is 6.92 Å². The van der Waals surface area contributed by atoms with Crippen LogP contribution in [0.15, 0.2) is 48.5 Å². The molecule has 0 unspecified atom stereocenters. The molecule has 0 spiro atoms. The molecule has 3 heteroatoms. The monoisotopic (exact) mass is 228 g/mol. The van der Waals surface area contributed by atoms with E-state index in [1.54, 1.807) is 18.2 Å². The second-order valence-electron chi connectivity index (χ2n) is 3.83. The minimum Gasteiger partial charge on any atom is -0.296 e. The van der Waals surface area contributed by atoms with Gasteiger partial charge in [-0.05, 0) is 30.2 Å². The number of carbonyl (C=O) groups excluding carboxylic acids is 1. The number of hydrogen-bond donors (Lipinski definition) is 1.